The third kappa shape index (κ3) is 1.45. The highest BCUT2D eigenvalue weighted by Crippen LogP contribution is 2.36. The molecule has 0 aromatic carbocycles. The molecule has 1 fully saturated rings. The standard InChI is InChI=1S/C8H15N5/c1-13-5-10-12-8(13)7(11-9)6-3-2-4-6/h5-7,11H,2-4,9H2,1H3. The molecule has 1 saturated carbocycles. The summed E-state index contributed by atoms with van der Waals surface area (Å²) >= 11 is 0. The Balaban J connectivity index is 2.16. The number of hydrazine groups is 1. The highest BCUT2D eigenvalue weighted by Gasteiger charge is 2.30. The molecule has 1 atom stereocenters. The molecule has 0 aliphatic heterocycles. The summed E-state index contributed by atoms with van der Waals surface area (Å²) in [4.78, 5) is 0. The fourth-order valence-electron chi connectivity index (χ4n) is 1.77. The Morgan fingerprint density at radius 3 is 2.85 bits per heavy atom. The number of aryl methyl sites for hydroxylation is 1. The van der Waals surface area contributed by atoms with Gasteiger partial charge < -0.3 is 4.57 Å². The van der Waals surface area contributed by atoms with Crippen LogP contribution in [0.25, 0.3) is 0 Å². The van der Waals surface area contributed by atoms with E-state index >= 15 is 0 Å². The quantitative estimate of drug-likeness (QED) is 0.513. The van der Waals surface area contributed by atoms with Crippen LogP contribution in [0.5, 0.6) is 0 Å². The molecule has 1 unspecified atom stereocenters. The molecule has 0 amide bonds. The number of nitrogens with zero attached hydrogens (tertiary/aromatic N) is 3. The van der Waals surface area contributed by atoms with Crippen LogP contribution in [0, 0.1) is 5.92 Å². The Hall–Kier alpha value is -0.940. The van der Waals surface area contributed by atoms with Crippen LogP contribution in [-0.2, 0) is 7.05 Å². The molecular formula is C8H15N5. The van der Waals surface area contributed by atoms with Crippen molar-refractivity contribution in [2.45, 2.75) is 25.3 Å². The molecule has 1 aromatic heterocycles. The number of aromatic nitrogens is 3. The van der Waals surface area contributed by atoms with Gasteiger partial charge in [-0.15, -0.1) is 10.2 Å². The minimum atomic E-state index is 0.168. The number of hydrogen-bond acceptors (Lipinski definition) is 4. The van der Waals surface area contributed by atoms with Crippen molar-refractivity contribution >= 4 is 0 Å². The van der Waals surface area contributed by atoms with Crippen molar-refractivity contribution in [3.63, 3.8) is 0 Å². The van der Waals surface area contributed by atoms with E-state index in [9.17, 15) is 0 Å². The summed E-state index contributed by atoms with van der Waals surface area (Å²) in [5.74, 6) is 7.08. The van der Waals surface area contributed by atoms with Gasteiger partial charge in [-0.3, -0.25) is 5.84 Å². The zero-order chi connectivity index (χ0) is 9.26. The molecule has 0 spiro atoms. The molecule has 72 valence electrons. The normalized spacial score (nSPS) is 19.8. The first-order chi connectivity index (χ1) is 6.33. The summed E-state index contributed by atoms with van der Waals surface area (Å²) in [6.45, 7) is 0. The monoisotopic (exact) mass is 181 g/mol. The summed E-state index contributed by atoms with van der Waals surface area (Å²) in [6, 6.07) is 0.168. The molecule has 0 saturated heterocycles. The van der Waals surface area contributed by atoms with E-state index in [0.717, 1.165) is 5.82 Å². The molecule has 0 radical (unpaired) electrons. The van der Waals surface area contributed by atoms with E-state index in [0.29, 0.717) is 5.92 Å². The average molecular weight is 181 g/mol. The van der Waals surface area contributed by atoms with Crippen LogP contribution in [0.15, 0.2) is 6.33 Å². The molecule has 3 N–H and O–H groups in total. The van der Waals surface area contributed by atoms with Gasteiger partial charge in [0.05, 0.1) is 6.04 Å². The van der Waals surface area contributed by atoms with E-state index in [4.69, 9.17) is 5.84 Å². The predicted octanol–water partition coefficient (Wildman–Crippen LogP) is 0.120. The molecule has 5 heteroatoms. The maximum absolute atomic E-state index is 5.51. The van der Waals surface area contributed by atoms with E-state index in [1.54, 1.807) is 6.33 Å². The van der Waals surface area contributed by atoms with Gasteiger partial charge in [0.2, 0.25) is 0 Å². The smallest absolute Gasteiger partial charge is 0.151 e. The van der Waals surface area contributed by atoms with Crippen molar-refractivity contribution in [3.8, 4) is 0 Å². The van der Waals surface area contributed by atoms with Gasteiger partial charge in [0, 0.05) is 7.05 Å². The zero-order valence-electron chi connectivity index (χ0n) is 7.77. The highest BCUT2D eigenvalue weighted by atomic mass is 15.3. The van der Waals surface area contributed by atoms with E-state index in [1.165, 1.54) is 19.3 Å². The third-order valence-electron chi connectivity index (χ3n) is 2.83. The Kier molecular flexibility index (Phi) is 2.28. The lowest BCUT2D eigenvalue weighted by Gasteiger charge is -2.32. The maximum Gasteiger partial charge on any atom is 0.151 e. The Morgan fingerprint density at radius 1 is 1.69 bits per heavy atom. The van der Waals surface area contributed by atoms with Crippen LogP contribution in [-0.4, -0.2) is 14.8 Å². The van der Waals surface area contributed by atoms with Crippen molar-refractivity contribution in [2.75, 3.05) is 0 Å². The fraction of sp³-hybridized carbons (Fsp3) is 0.750. The summed E-state index contributed by atoms with van der Waals surface area (Å²) in [6.07, 6.45) is 5.49. The fourth-order valence-corrected chi connectivity index (χ4v) is 1.77. The van der Waals surface area contributed by atoms with Crippen molar-refractivity contribution in [1.29, 1.82) is 0 Å². The molecular weight excluding hydrogens is 166 g/mol. The summed E-state index contributed by atoms with van der Waals surface area (Å²) < 4.78 is 1.92. The van der Waals surface area contributed by atoms with Crippen LogP contribution < -0.4 is 11.3 Å². The van der Waals surface area contributed by atoms with Gasteiger partial charge in [-0.1, -0.05) is 6.42 Å². The van der Waals surface area contributed by atoms with Crippen molar-refractivity contribution in [3.05, 3.63) is 12.2 Å². The van der Waals surface area contributed by atoms with E-state index in [-0.39, 0.29) is 6.04 Å². The van der Waals surface area contributed by atoms with Gasteiger partial charge in [0.15, 0.2) is 5.82 Å². The molecule has 1 aliphatic carbocycles. The number of hydrogen-bond donors (Lipinski definition) is 2. The predicted molar refractivity (Wildman–Crippen MR) is 48.4 cm³/mol. The summed E-state index contributed by atoms with van der Waals surface area (Å²) in [5, 5.41) is 7.91. The largest absolute Gasteiger partial charge is 0.319 e. The number of rotatable bonds is 3. The first kappa shape index (κ1) is 8.65. The lowest BCUT2D eigenvalue weighted by molar-refractivity contribution is 0.221. The van der Waals surface area contributed by atoms with Gasteiger partial charge in [-0.05, 0) is 18.8 Å². The minimum Gasteiger partial charge on any atom is -0.319 e. The second kappa shape index (κ2) is 3.43. The van der Waals surface area contributed by atoms with Gasteiger partial charge in [-0.25, -0.2) is 5.43 Å². The highest BCUT2D eigenvalue weighted by molar-refractivity contribution is 4.98. The van der Waals surface area contributed by atoms with Crippen molar-refractivity contribution < 1.29 is 0 Å². The third-order valence-corrected chi connectivity index (χ3v) is 2.83. The lowest BCUT2D eigenvalue weighted by Crippen LogP contribution is -2.37. The topological polar surface area (TPSA) is 68.8 Å². The van der Waals surface area contributed by atoms with Crippen LogP contribution in [0.4, 0.5) is 0 Å². The Morgan fingerprint density at radius 2 is 2.46 bits per heavy atom. The molecule has 0 bridgehead atoms. The van der Waals surface area contributed by atoms with Crippen LogP contribution in [0.2, 0.25) is 0 Å². The number of nitrogens with one attached hydrogen (secondary N) is 1. The minimum absolute atomic E-state index is 0.168. The molecule has 13 heavy (non-hydrogen) atoms. The maximum atomic E-state index is 5.51. The summed E-state index contributed by atoms with van der Waals surface area (Å²) in [5.41, 5.74) is 2.82. The van der Waals surface area contributed by atoms with Crippen molar-refractivity contribution in [1.82, 2.24) is 20.2 Å². The van der Waals surface area contributed by atoms with Crippen LogP contribution in [0.1, 0.15) is 31.1 Å². The van der Waals surface area contributed by atoms with E-state index in [1.807, 2.05) is 11.6 Å². The second-order valence-electron chi connectivity index (χ2n) is 3.64. The van der Waals surface area contributed by atoms with Crippen LogP contribution >= 0.6 is 0 Å². The molecule has 1 aliphatic rings. The SMILES string of the molecule is Cn1cnnc1C(NN)C1CCC1. The van der Waals surface area contributed by atoms with Gasteiger partial charge in [-0.2, -0.15) is 0 Å². The molecule has 1 aromatic rings. The van der Waals surface area contributed by atoms with E-state index < -0.39 is 0 Å². The van der Waals surface area contributed by atoms with Crippen LogP contribution in [0.3, 0.4) is 0 Å². The Labute approximate surface area is 77.3 Å². The Bertz CT molecular complexity index is 278. The van der Waals surface area contributed by atoms with E-state index in [2.05, 4.69) is 15.6 Å². The first-order valence-corrected chi connectivity index (χ1v) is 4.63. The first-order valence-electron chi connectivity index (χ1n) is 4.63. The lowest BCUT2D eigenvalue weighted by atomic mass is 9.79. The average Bonchev–Trinajstić information content (AvgIpc) is 2.43. The zero-order valence-corrected chi connectivity index (χ0v) is 7.77. The van der Waals surface area contributed by atoms with Gasteiger partial charge in [0.1, 0.15) is 6.33 Å². The number of nitrogens with two attached hydrogens (primary N) is 1. The molecule has 2 rings (SSSR count). The molecule has 1 heterocycles. The second-order valence-corrected chi connectivity index (χ2v) is 3.64. The van der Waals surface area contributed by atoms with Gasteiger partial charge >= 0.3 is 0 Å². The summed E-state index contributed by atoms with van der Waals surface area (Å²) in [7, 11) is 1.94. The van der Waals surface area contributed by atoms with Crippen molar-refractivity contribution in [2.24, 2.45) is 18.8 Å². The van der Waals surface area contributed by atoms with Gasteiger partial charge in [0.25, 0.3) is 0 Å². The molecule has 5 nitrogen and oxygen atoms in total.